The van der Waals surface area contributed by atoms with Gasteiger partial charge in [0, 0.05) is 15.6 Å². The molecule has 0 unspecified atom stereocenters. The largest absolute Gasteiger partial charge is 0.0889 e. The lowest BCUT2D eigenvalue weighted by atomic mass is 10.2. The zero-order chi connectivity index (χ0) is 8.97. The van der Waals surface area contributed by atoms with Crippen LogP contribution in [-0.2, 0) is 0 Å². The van der Waals surface area contributed by atoms with Gasteiger partial charge in [-0.15, -0.1) is 0 Å². The predicted octanol–water partition coefficient (Wildman–Crippen LogP) is 3.62. The van der Waals surface area contributed by atoms with E-state index >= 15 is 0 Å². The lowest BCUT2D eigenvalue weighted by molar-refractivity contribution is 1.48. The fourth-order valence-electron chi connectivity index (χ4n) is 0.754. The van der Waals surface area contributed by atoms with Crippen molar-refractivity contribution in [1.29, 1.82) is 0 Å². The van der Waals surface area contributed by atoms with Crippen LogP contribution in [0.2, 0.25) is 5.02 Å². The molecule has 3 nitrogen and oxygen atoms in total. The van der Waals surface area contributed by atoms with Crippen LogP contribution in [-0.4, -0.2) is 0 Å². The molecule has 1 aromatic carbocycles. The highest BCUT2D eigenvalue weighted by Crippen LogP contribution is 2.16. The molecule has 0 amide bonds. The van der Waals surface area contributed by atoms with E-state index in [2.05, 4.69) is 16.6 Å². The van der Waals surface area contributed by atoms with Gasteiger partial charge in [0.05, 0.1) is 0 Å². The molecule has 0 heterocycles. The highest BCUT2D eigenvalue weighted by molar-refractivity contribution is 6.30. The number of benzene rings is 1. The number of nitrogens with zero attached hydrogens (tertiary/aromatic N) is 3. The van der Waals surface area contributed by atoms with Crippen molar-refractivity contribution in [2.24, 2.45) is 5.11 Å². The first-order valence-electron chi connectivity index (χ1n) is 3.24. The Balaban J connectivity index is 2.97. The van der Waals surface area contributed by atoms with Gasteiger partial charge in [-0.25, -0.2) is 0 Å². The Bertz CT molecular complexity index is 336. The summed E-state index contributed by atoms with van der Waals surface area (Å²) in [5.41, 5.74) is 9.30. The van der Waals surface area contributed by atoms with Crippen LogP contribution in [0.25, 0.3) is 16.1 Å². The maximum absolute atomic E-state index is 8.12. The number of halogens is 1. The summed E-state index contributed by atoms with van der Waals surface area (Å²) < 4.78 is 0. The van der Waals surface area contributed by atoms with E-state index in [1.807, 2.05) is 0 Å². The van der Waals surface area contributed by atoms with Crippen molar-refractivity contribution < 1.29 is 0 Å². The minimum absolute atomic E-state index is 0.397. The second-order valence-electron chi connectivity index (χ2n) is 2.14. The zero-order valence-corrected chi connectivity index (χ0v) is 6.99. The number of hydrogen-bond acceptors (Lipinski definition) is 1. The average molecular weight is 180 g/mol. The standard InChI is InChI=1S/C8H6ClN3/c1-6(11-12-10)7-2-4-8(9)5-3-7/h2-5H,1H2. The lowest BCUT2D eigenvalue weighted by Crippen LogP contribution is -1.76. The molecule has 4 heteroatoms. The number of hydrogen-bond donors (Lipinski definition) is 0. The van der Waals surface area contributed by atoms with Gasteiger partial charge in [-0.2, -0.15) is 0 Å². The van der Waals surface area contributed by atoms with E-state index in [4.69, 9.17) is 17.1 Å². The molecule has 0 aliphatic rings. The van der Waals surface area contributed by atoms with Crippen molar-refractivity contribution in [3.05, 3.63) is 51.9 Å². The van der Waals surface area contributed by atoms with Crippen molar-refractivity contribution in [1.82, 2.24) is 0 Å². The van der Waals surface area contributed by atoms with Crippen LogP contribution in [0, 0.1) is 0 Å². The third-order valence-electron chi connectivity index (χ3n) is 1.34. The van der Waals surface area contributed by atoms with Crippen LogP contribution >= 0.6 is 11.6 Å². The minimum atomic E-state index is 0.397. The Hall–Kier alpha value is -1.44. The molecular formula is C8H6ClN3. The zero-order valence-electron chi connectivity index (χ0n) is 6.24. The summed E-state index contributed by atoms with van der Waals surface area (Å²) in [6, 6.07) is 6.93. The van der Waals surface area contributed by atoms with Gasteiger partial charge >= 0.3 is 0 Å². The quantitative estimate of drug-likeness (QED) is 0.378. The third-order valence-corrected chi connectivity index (χ3v) is 1.59. The topological polar surface area (TPSA) is 48.8 Å². The van der Waals surface area contributed by atoms with Crippen molar-refractivity contribution in [2.45, 2.75) is 0 Å². The summed E-state index contributed by atoms with van der Waals surface area (Å²) in [6.45, 7) is 3.58. The first-order chi connectivity index (χ1) is 5.74. The molecule has 0 aliphatic heterocycles. The molecule has 0 saturated heterocycles. The Morgan fingerprint density at radius 3 is 2.50 bits per heavy atom. The Morgan fingerprint density at radius 2 is 2.00 bits per heavy atom. The summed E-state index contributed by atoms with van der Waals surface area (Å²) in [5, 5.41) is 4.01. The van der Waals surface area contributed by atoms with Crippen LogP contribution in [0.5, 0.6) is 0 Å². The fraction of sp³-hybridized carbons (Fsp3) is 0. The molecule has 0 radical (unpaired) electrons. The van der Waals surface area contributed by atoms with Crippen LogP contribution < -0.4 is 0 Å². The van der Waals surface area contributed by atoms with E-state index in [1.54, 1.807) is 24.3 Å². The summed E-state index contributed by atoms with van der Waals surface area (Å²) in [4.78, 5) is 2.63. The maximum Gasteiger partial charge on any atom is 0.0406 e. The van der Waals surface area contributed by atoms with Crippen molar-refractivity contribution in [3.8, 4) is 0 Å². The predicted molar refractivity (Wildman–Crippen MR) is 49.6 cm³/mol. The average Bonchev–Trinajstić information content (AvgIpc) is 2.06. The van der Waals surface area contributed by atoms with E-state index in [0.29, 0.717) is 10.7 Å². The van der Waals surface area contributed by atoms with E-state index < -0.39 is 0 Å². The third kappa shape index (κ3) is 2.02. The second kappa shape index (κ2) is 3.81. The summed E-state index contributed by atoms with van der Waals surface area (Å²) in [5.74, 6) is 0. The first kappa shape index (κ1) is 8.65. The van der Waals surface area contributed by atoms with Gasteiger partial charge < -0.3 is 0 Å². The van der Waals surface area contributed by atoms with Gasteiger partial charge in [0.1, 0.15) is 0 Å². The van der Waals surface area contributed by atoms with Crippen LogP contribution in [0.1, 0.15) is 5.56 Å². The smallest absolute Gasteiger partial charge is 0.0406 e. The molecule has 60 valence electrons. The molecule has 0 aromatic heterocycles. The lowest BCUT2D eigenvalue weighted by Gasteiger charge is -1.97. The first-order valence-corrected chi connectivity index (χ1v) is 3.62. The molecule has 0 spiro atoms. The van der Waals surface area contributed by atoms with Gasteiger partial charge in [-0.05, 0) is 23.2 Å². The SMILES string of the molecule is C=C(N=[N+]=[N-])c1ccc(Cl)cc1. The van der Waals surface area contributed by atoms with E-state index in [1.165, 1.54) is 0 Å². The highest BCUT2D eigenvalue weighted by atomic mass is 35.5. The highest BCUT2D eigenvalue weighted by Gasteiger charge is 1.94. The number of azide groups is 1. The van der Waals surface area contributed by atoms with Crippen molar-refractivity contribution in [2.75, 3.05) is 0 Å². The van der Waals surface area contributed by atoms with Crippen molar-refractivity contribution >= 4 is 17.3 Å². The van der Waals surface area contributed by atoms with Crippen LogP contribution in [0.4, 0.5) is 0 Å². The Labute approximate surface area is 74.9 Å². The number of rotatable bonds is 2. The summed E-state index contributed by atoms with van der Waals surface area (Å²) >= 11 is 5.66. The monoisotopic (exact) mass is 179 g/mol. The maximum atomic E-state index is 8.12. The molecule has 12 heavy (non-hydrogen) atoms. The van der Waals surface area contributed by atoms with E-state index in [-0.39, 0.29) is 0 Å². The van der Waals surface area contributed by atoms with Gasteiger partial charge in [0.25, 0.3) is 0 Å². The van der Waals surface area contributed by atoms with Gasteiger partial charge in [0.15, 0.2) is 0 Å². The van der Waals surface area contributed by atoms with E-state index in [9.17, 15) is 0 Å². The molecule has 1 aromatic rings. The normalized spacial score (nSPS) is 8.75. The second-order valence-corrected chi connectivity index (χ2v) is 2.58. The Kier molecular flexibility index (Phi) is 2.75. The summed E-state index contributed by atoms with van der Waals surface area (Å²) in [6.07, 6.45) is 0. The molecule has 0 aliphatic carbocycles. The summed E-state index contributed by atoms with van der Waals surface area (Å²) in [7, 11) is 0. The molecule has 0 atom stereocenters. The minimum Gasteiger partial charge on any atom is -0.0889 e. The van der Waals surface area contributed by atoms with Gasteiger partial charge in [-0.1, -0.05) is 35.4 Å². The Morgan fingerprint density at radius 1 is 1.42 bits per heavy atom. The van der Waals surface area contributed by atoms with Gasteiger partial charge in [-0.3, -0.25) is 0 Å². The van der Waals surface area contributed by atoms with Crippen LogP contribution in [0.3, 0.4) is 0 Å². The molecule has 1 rings (SSSR count). The van der Waals surface area contributed by atoms with E-state index in [0.717, 1.165) is 5.56 Å². The molecule has 0 fully saturated rings. The van der Waals surface area contributed by atoms with Crippen molar-refractivity contribution in [3.63, 3.8) is 0 Å². The molecule has 0 bridgehead atoms. The fourth-order valence-corrected chi connectivity index (χ4v) is 0.880. The van der Waals surface area contributed by atoms with Crippen LogP contribution in [0.15, 0.2) is 36.0 Å². The molecule has 0 saturated carbocycles. The molecular weight excluding hydrogens is 174 g/mol. The van der Waals surface area contributed by atoms with Gasteiger partial charge in [0.2, 0.25) is 0 Å². The molecule has 0 N–H and O–H groups in total.